The van der Waals surface area contributed by atoms with Crippen LogP contribution in [0.2, 0.25) is 0 Å². The molecule has 116 valence electrons. The van der Waals surface area contributed by atoms with Crippen molar-refractivity contribution in [3.63, 3.8) is 0 Å². The van der Waals surface area contributed by atoms with Gasteiger partial charge in [0.1, 0.15) is 0 Å². The number of guanidine groups is 1. The highest BCUT2D eigenvalue weighted by atomic mass is 127. The monoisotopic (exact) mass is 391 g/mol. The predicted octanol–water partition coefficient (Wildman–Crippen LogP) is 3.70. The van der Waals surface area contributed by atoms with E-state index in [2.05, 4.69) is 36.6 Å². The Morgan fingerprint density at radius 1 is 1.20 bits per heavy atom. The Morgan fingerprint density at radius 2 is 1.90 bits per heavy atom. The van der Waals surface area contributed by atoms with E-state index in [4.69, 9.17) is 4.99 Å². The minimum atomic E-state index is 0. The summed E-state index contributed by atoms with van der Waals surface area (Å²) in [4.78, 5) is 4.82. The second-order valence-corrected chi connectivity index (χ2v) is 6.03. The SMILES string of the molecule is CCNC(=NCC1CCCCC1C)NC1CC=CC1.I. The summed E-state index contributed by atoms with van der Waals surface area (Å²) in [5.74, 6) is 2.63. The molecular formula is C16H30IN3. The van der Waals surface area contributed by atoms with Gasteiger partial charge in [-0.05, 0) is 38.0 Å². The van der Waals surface area contributed by atoms with Crippen molar-refractivity contribution < 1.29 is 0 Å². The number of aliphatic imine (C=N–C) groups is 1. The van der Waals surface area contributed by atoms with Gasteiger partial charge in [-0.25, -0.2) is 0 Å². The van der Waals surface area contributed by atoms with Crippen LogP contribution in [0.1, 0.15) is 52.4 Å². The molecule has 2 atom stereocenters. The van der Waals surface area contributed by atoms with Gasteiger partial charge in [0.25, 0.3) is 0 Å². The van der Waals surface area contributed by atoms with E-state index in [-0.39, 0.29) is 24.0 Å². The Balaban J connectivity index is 0.00000200. The lowest BCUT2D eigenvalue weighted by atomic mass is 9.80. The van der Waals surface area contributed by atoms with Gasteiger partial charge in [-0.15, -0.1) is 24.0 Å². The topological polar surface area (TPSA) is 36.4 Å². The molecule has 2 aliphatic rings. The Kier molecular flexibility index (Phi) is 8.57. The van der Waals surface area contributed by atoms with E-state index in [1.54, 1.807) is 0 Å². The van der Waals surface area contributed by atoms with E-state index in [0.29, 0.717) is 6.04 Å². The van der Waals surface area contributed by atoms with Gasteiger partial charge < -0.3 is 10.6 Å². The van der Waals surface area contributed by atoms with Gasteiger partial charge in [0.05, 0.1) is 0 Å². The first-order valence-corrected chi connectivity index (χ1v) is 7.99. The minimum absolute atomic E-state index is 0. The summed E-state index contributed by atoms with van der Waals surface area (Å²) in [5.41, 5.74) is 0. The molecule has 0 aliphatic heterocycles. The fourth-order valence-corrected chi connectivity index (χ4v) is 3.12. The predicted molar refractivity (Wildman–Crippen MR) is 97.8 cm³/mol. The van der Waals surface area contributed by atoms with Crippen molar-refractivity contribution in [1.29, 1.82) is 0 Å². The zero-order valence-corrected chi connectivity index (χ0v) is 15.2. The van der Waals surface area contributed by atoms with E-state index >= 15 is 0 Å². The second kappa shape index (κ2) is 9.64. The highest BCUT2D eigenvalue weighted by Crippen LogP contribution is 2.29. The Hall–Kier alpha value is -0.260. The number of nitrogens with one attached hydrogen (secondary N) is 2. The van der Waals surface area contributed by atoms with Gasteiger partial charge in [0, 0.05) is 19.1 Å². The lowest BCUT2D eigenvalue weighted by molar-refractivity contribution is 0.263. The summed E-state index contributed by atoms with van der Waals surface area (Å²) in [5, 5.41) is 6.92. The van der Waals surface area contributed by atoms with E-state index < -0.39 is 0 Å². The lowest BCUT2D eigenvalue weighted by Crippen LogP contribution is -2.42. The number of nitrogens with zero attached hydrogens (tertiary/aromatic N) is 1. The first kappa shape index (κ1) is 17.8. The molecule has 0 aromatic heterocycles. The van der Waals surface area contributed by atoms with Crippen LogP contribution in [0.3, 0.4) is 0 Å². The zero-order chi connectivity index (χ0) is 13.5. The third-order valence-electron chi connectivity index (χ3n) is 4.47. The Bertz CT molecular complexity index is 320. The van der Waals surface area contributed by atoms with Gasteiger partial charge in [-0.2, -0.15) is 0 Å². The molecule has 4 heteroatoms. The highest BCUT2D eigenvalue weighted by molar-refractivity contribution is 14.0. The second-order valence-electron chi connectivity index (χ2n) is 6.03. The van der Waals surface area contributed by atoms with Gasteiger partial charge >= 0.3 is 0 Å². The normalized spacial score (nSPS) is 27.2. The molecule has 0 aromatic carbocycles. The molecule has 0 amide bonds. The number of rotatable bonds is 4. The molecule has 2 unspecified atom stereocenters. The summed E-state index contributed by atoms with van der Waals surface area (Å²) in [6.07, 6.45) is 12.3. The Labute approximate surface area is 141 Å². The van der Waals surface area contributed by atoms with Crippen LogP contribution in [-0.4, -0.2) is 25.1 Å². The van der Waals surface area contributed by atoms with Crippen molar-refractivity contribution in [3.05, 3.63) is 12.2 Å². The molecule has 0 radical (unpaired) electrons. The van der Waals surface area contributed by atoms with E-state index in [1.165, 1.54) is 25.7 Å². The zero-order valence-electron chi connectivity index (χ0n) is 12.9. The summed E-state index contributed by atoms with van der Waals surface area (Å²) < 4.78 is 0. The fourth-order valence-electron chi connectivity index (χ4n) is 3.12. The van der Waals surface area contributed by atoms with E-state index in [0.717, 1.165) is 43.7 Å². The molecule has 0 saturated heterocycles. The van der Waals surface area contributed by atoms with Crippen LogP contribution >= 0.6 is 24.0 Å². The van der Waals surface area contributed by atoms with Gasteiger partial charge in [-0.1, -0.05) is 38.3 Å². The van der Waals surface area contributed by atoms with Gasteiger partial charge in [0.2, 0.25) is 0 Å². The first-order valence-electron chi connectivity index (χ1n) is 7.99. The molecule has 2 N–H and O–H groups in total. The van der Waals surface area contributed by atoms with Crippen molar-refractivity contribution in [2.24, 2.45) is 16.8 Å². The molecule has 20 heavy (non-hydrogen) atoms. The van der Waals surface area contributed by atoms with Crippen LogP contribution in [0.4, 0.5) is 0 Å². The molecular weight excluding hydrogens is 361 g/mol. The molecule has 2 rings (SSSR count). The van der Waals surface area contributed by atoms with Gasteiger partial charge in [0.15, 0.2) is 5.96 Å². The summed E-state index contributed by atoms with van der Waals surface area (Å²) in [6.45, 7) is 6.44. The maximum atomic E-state index is 4.82. The first-order chi connectivity index (χ1) is 9.29. The number of halogens is 1. The van der Waals surface area contributed by atoms with Crippen molar-refractivity contribution in [3.8, 4) is 0 Å². The minimum Gasteiger partial charge on any atom is -0.357 e. The van der Waals surface area contributed by atoms with Crippen LogP contribution in [0.15, 0.2) is 17.1 Å². The number of hydrogen-bond donors (Lipinski definition) is 2. The Morgan fingerprint density at radius 3 is 2.55 bits per heavy atom. The van der Waals surface area contributed by atoms with Gasteiger partial charge in [-0.3, -0.25) is 4.99 Å². The van der Waals surface area contributed by atoms with Crippen LogP contribution in [-0.2, 0) is 0 Å². The fraction of sp³-hybridized carbons (Fsp3) is 0.812. The maximum absolute atomic E-state index is 4.82. The van der Waals surface area contributed by atoms with E-state index in [9.17, 15) is 0 Å². The molecule has 3 nitrogen and oxygen atoms in total. The van der Waals surface area contributed by atoms with E-state index in [1.807, 2.05) is 0 Å². The maximum Gasteiger partial charge on any atom is 0.191 e. The molecule has 0 aromatic rings. The average molecular weight is 391 g/mol. The summed E-state index contributed by atoms with van der Waals surface area (Å²) in [7, 11) is 0. The standard InChI is InChI=1S/C16H29N3.HI/c1-3-17-16(19-15-10-6-7-11-15)18-12-14-9-5-4-8-13(14)2;/h6-7,13-15H,3-5,8-12H2,1-2H3,(H2,17,18,19);1H. The van der Waals surface area contributed by atoms with Crippen LogP contribution in [0.25, 0.3) is 0 Å². The molecule has 0 bridgehead atoms. The molecule has 2 aliphatic carbocycles. The van der Waals surface area contributed by atoms with Crippen LogP contribution in [0.5, 0.6) is 0 Å². The summed E-state index contributed by atoms with van der Waals surface area (Å²) in [6, 6.07) is 0.543. The lowest BCUT2D eigenvalue weighted by Gasteiger charge is -2.27. The van der Waals surface area contributed by atoms with Crippen LogP contribution in [0, 0.1) is 11.8 Å². The molecule has 0 spiro atoms. The van der Waals surface area contributed by atoms with Crippen molar-refractivity contribution in [1.82, 2.24) is 10.6 Å². The quantitative estimate of drug-likeness (QED) is 0.332. The third-order valence-corrected chi connectivity index (χ3v) is 4.47. The molecule has 1 saturated carbocycles. The average Bonchev–Trinajstić information content (AvgIpc) is 2.91. The summed E-state index contributed by atoms with van der Waals surface area (Å²) >= 11 is 0. The van der Waals surface area contributed by atoms with Crippen molar-refractivity contribution in [2.75, 3.05) is 13.1 Å². The number of hydrogen-bond acceptors (Lipinski definition) is 1. The largest absolute Gasteiger partial charge is 0.357 e. The highest BCUT2D eigenvalue weighted by Gasteiger charge is 2.21. The molecule has 0 heterocycles. The van der Waals surface area contributed by atoms with Crippen molar-refractivity contribution >= 4 is 29.9 Å². The molecule has 1 fully saturated rings. The smallest absolute Gasteiger partial charge is 0.191 e. The van der Waals surface area contributed by atoms with Crippen LogP contribution < -0.4 is 10.6 Å². The third kappa shape index (κ3) is 5.62. The van der Waals surface area contributed by atoms with Crippen molar-refractivity contribution in [2.45, 2.75) is 58.4 Å².